The van der Waals surface area contributed by atoms with Crippen molar-refractivity contribution in [1.82, 2.24) is 0 Å². The zero-order valence-electron chi connectivity index (χ0n) is 10.1. The molecule has 0 aromatic heterocycles. The fourth-order valence-electron chi connectivity index (χ4n) is 1.61. The molecule has 0 saturated heterocycles. The number of sulfone groups is 1. The SMILES string of the molecule is CCCS(=O)(=O)CC(N)c1ccc([N+](=O)[O-])cc1. The molecule has 0 bridgehead atoms. The molecule has 6 nitrogen and oxygen atoms in total. The highest BCUT2D eigenvalue weighted by molar-refractivity contribution is 7.91. The number of hydrogen-bond donors (Lipinski definition) is 1. The molecule has 0 aliphatic heterocycles. The van der Waals surface area contributed by atoms with Crippen LogP contribution in [0.4, 0.5) is 5.69 Å². The second kappa shape index (κ2) is 5.92. The lowest BCUT2D eigenvalue weighted by Crippen LogP contribution is -2.23. The van der Waals surface area contributed by atoms with Gasteiger partial charge in [-0.3, -0.25) is 10.1 Å². The van der Waals surface area contributed by atoms with Crippen LogP contribution < -0.4 is 5.73 Å². The molecule has 0 heterocycles. The van der Waals surface area contributed by atoms with E-state index in [1.807, 2.05) is 0 Å². The lowest BCUT2D eigenvalue weighted by atomic mass is 10.1. The van der Waals surface area contributed by atoms with Crippen molar-refractivity contribution < 1.29 is 13.3 Å². The number of rotatable bonds is 6. The largest absolute Gasteiger partial charge is 0.323 e. The van der Waals surface area contributed by atoms with E-state index in [0.29, 0.717) is 12.0 Å². The smallest absolute Gasteiger partial charge is 0.269 e. The molecule has 1 aromatic rings. The van der Waals surface area contributed by atoms with Gasteiger partial charge in [-0.1, -0.05) is 19.1 Å². The highest BCUT2D eigenvalue weighted by atomic mass is 32.2. The van der Waals surface area contributed by atoms with Crippen molar-refractivity contribution in [1.29, 1.82) is 0 Å². The van der Waals surface area contributed by atoms with E-state index < -0.39 is 20.8 Å². The lowest BCUT2D eigenvalue weighted by Gasteiger charge is -2.11. The standard InChI is InChI=1S/C11H16N2O4S/c1-2-7-18(16,17)8-11(12)9-3-5-10(6-4-9)13(14)15/h3-6,11H,2,7-8,12H2,1H3. The van der Waals surface area contributed by atoms with Gasteiger partial charge in [-0.05, 0) is 12.0 Å². The molecule has 1 unspecified atom stereocenters. The molecule has 0 radical (unpaired) electrons. The quantitative estimate of drug-likeness (QED) is 0.623. The third-order valence-corrected chi connectivity index (χ3v) is 4.38. The van der Waals surface area contributed by atoms with Crippen molar-refractivity contribution in [3.8, 4) is 0 Å². The second-order valence-electron chi connectivity index (χ2n) is 4.07. The Morgan fingerprint density at radius 3 is 2.33 bits per heavy atom. The first-order valence-electron chi connectivity index (χ1n) is 5.56. The van der Waals surface area contributed by atoms with Crippen LogP contribution in [0, 0.1) is 10.1 Å². The van der Waals surface area contributed by atoms with Crippen LogP contribution in [0.25, 0.3) is 0 Å². The minimum atomic E-state index is -3.16. The summed E-state index contributed by atoms with van der Waals surface area (Å²) < 4.78 is 23.2. The summed E-state index contributed by atoms with van der Waals surface area (Å²) in [5.41, 5.74) is 6.33. The highest BCUT2D eigenvalue weighted by Gasteiger charge is 2.17. The first-order valence-corrected chi connectivity index (χ1v) is 7.38. The fraction of sp³-hybridized carbons (Fsp3) is 0.455. The molecule has 0 aliphatic carbocycles. The molecule has 1 aromatic carbocycles. The summed E-state index contributed by atoms with van der Waals surface area (Å²) in [5.74, 6) is -0.0354. The average Bonchev–Trinajstić information content (AvgIpc) is 2.28. The zero-order valence-corrected chi connectivity index (χ0v) is 10.9. The summed E-state index contributed by atoms with van der Waals surface area (Å²) in [4.78, 5) is 9.96. The van der Waals surface area contributed by atoms with Crippen LogP contribution in [-0.2, 0) is 9.84 Å². The average molecular weight is 272 g/mol. The van der Waals surface area contributed by atoms with Crippen LogP contribution in [0.1, 0.15) is 24.9 Å². The van der Waals surface area contributed by atoms with Crippen LogP contribution in [0.5, 0.6) is 0 Å². The number of nitrogens with zero attached hydrogens (tertiary/aromatic N) is 1. The van der Waals surface area contributed by atoms with E-state index in [0.717, 1.165) is 0 Å². The Bertz CT molecular complexity index is 510. The molecule has 7 heteroatoms. The van der Waals surface area contributed by atoms with Gasteiger partial charge in [-0.25, -0.2) is 8.42 Å². The van der Waals surface area contributed by atoms with Crippen molar-refractivity contribution >= 4 is 15.5 Å². The van der Waals surface area contributed by atoms with Crippen molar-refractivity contribution in [2.24, 2.45) is 5.73 Å². The van der Waals surface area contributed by atoms with Crippen molar-refractivity contribution in [3.63, 3.8) is 0 Å². The van der Waals surface area contributed by atoms with Gasteiger partial charge in [-0.15, -0.1) is 0 Å². The van der Waals surface area contributed by atoms with Crippen LogP contribution >= 0.6 is 0 Å². The number of nitrogens with two attached hydrogens (primary N) is 1. The van der Waals surface area contributed by atoms with E-state index in [1.54, 1.807) is 6.92 Å². The number of non-ortho nitro benzene ring substituents is 1. The van der Waals surface area contributed by atoms with Gasteiger partial charge in [0.2, 0.25) is 0 Å². The molecule has 18 heavy (non-hydrogen) atoms. The second-order valence-corrected chi connectivity index (χ2v) is 6.30. The minimum absolute atomic E-state index is 0.0395. The third-order valence-electron chi connectivity index (χ3n) is 2.48. The maximum absolute atomic E-state index is 11.6. The predicted octanol–water partition coefficient (Wildman–Crippen LogP) is 1.42. The zero-order chi connectivity index (χ0) is 13.8. The highest BCUT2D eigenvalue weighted by Crippen LogP contribution is 2.17. The van der Waals surface area contributed by atoms with Crippen LogP contribution in [-0.4, -0.2) is 24.8 Å². The van der Waals surface area contributed by atoms with E-state index >= 15 is 0 Å². The summed E-state index contributed by atoms with van der Waals surface area (Å²) in [7, 11) is -3.16. The minimum Gasteiger partial charge on any atom is -0.323 e. The van der Waals surface area contributed by atoms with Gasteiger partial charge < -0.3 is 5.73 Å². The van der Waals surface area contributed by atoms with Crippen molar-refractivity contribution in [2.75, 3.05) is 11.5 Å². The summed E-state index contributed by atoms with van der Waals surface area (Å²) in [6.07, 6.45) is 0.551. The summed E-state index contributed by atoms with van der Waals surface area (Å²) >= 11 is 0. The molecule has 0 aliphatic rings. The molecule has 0 fully saturated rings. The van der Waals surface area contributed by atoms with Gasteiger partial charge in [0.15, 0.2) is 9.84 Å². The summed E-state index contributed by atoms with van der Waals surface area (Å²) in [6, 6.07) is 4.97. The van der Waals surface area contributed by atoms with Crippen LogP contribution in [0.15, 0.2) is 24.3 Å². The Kier molecular flexibility index (Phi) is 4.80. The fourth-order valence-corrected chi connectivity index (χ4v) is 3.14. The summed E-state index contributed by atoms with van der Waals surface area (Å²) in [6.45, 7) is 1.79. The summed E-state index contributed by atoms with van der Waals surface area (Å²) in [5, 5.41) is 10.5. The van der Waals surface area contributed by atoms with E-state index in [1.165, 1.54) is 24.3 Å². The Balaban J connectivity index is 2.79. The first kappa shape index (κ1) is 14.6. The molecule has 0 saturated carbocycles. The molecular weight excluding hydrogens is 256 g/mol. The molecule has 0 amide bonds. The number of nitro groups is 1. The van der Waals surface area contributed by atoms with Crippen molar-refractivity contribution in [2.45, 2.75) is 19.4 Å². The van der Waals surface area contributed by atoms with Gasteiger partial charge in [0.05, 0.1) is 10.7 Å². The number of hydrogen-bond acceptors (Lipinski definition) is 5. The predicted molar refractivity (Wildman–Crippen MR) is 69.0 cm³/mol. The molecule has 1 atom stereocenters. The topological polar surface area (TPSA) is 103 Å². The molecule has 1 rings (SSSR count). The van der Waals surface area contributed by atoms with E-state index in [-0.39, 0.29) is 17.2 Å². The van der Waals surface area contributed by atoms with Gasteiger partial charge >= 0.3 is 0 Å². The van der Waals surface area contributed by atoms with E-state index in [2.05, 4.69) is 0 Å². The maximum atomic E-state index is 11.6. The van der Waals surface area contributed by atoms with E-state index in [4.69, 9.17) is 5.73 Å². The Morgan fingerprint density at radius 1 is 1.33 bits per heavy atom. The Morgan fingerprint density at radius 2 is 1.89 bits per heavy atom. The number of benzene rings is 1. The molecular formula is C11H16N2O4S. The van der Waals surface area contributed by atoms with Gasteiger partial charge in [-0.2, -0.15) is 0 Å². The van der Waals surface area contributed by atoms with E-state index in [9.17, 15) is 18.5 Å². The Labute approximate surface area is 106 Å². The number of nitro benzene ring substituents is 1. The van der Waals surface area contributed by atoms with Gasteiger partial charge in [0, 0.05) is 23.9 Å². The Hall–Kier alpha value is -1.47. The van der Waals surface area contributed by atoms with Crippen LogP contribution in [0.3, 0.4) is 0 Å². The maximum Gasteiger partial charge on any atom is 0.269 e. The third kappa shape index (κ3) is 4.08. The van der Waals surface area contributed by atoms with Gasteiger partial charge in [0.1, 0.15) is 0 Å². The first-order chi connectivity index (χ1) is 8.35. The lowest BCUT2D eigenvalue weighted by molar-refractivity contribution is -0.384. The normalized spacial score (nSPS) is 13.2. The monoisotopic (exact) mass is 272 g/mol. The molecule has 0 spiro atoms. The van der Waals surface area contributed by atoms with Crippen LogP contribution in [0.2, 0.25) is 0 Å². The van der Waals surface area contributed by atoms with Crippen molar-refractivity contribution in [3.05, 3.63) is 39.9 Å². The molecule has 100 valence electrons. The van der Waals surface area contributed by atoms with Gasteiger partial charge in [0.25, 0.3) is 5.69 Å². The molecule has 2 N–H and O–H groups in total.